The second-order valence-corrected chi connectivity index (χ2v) is 6.31. The van der Waals surface area contributed by atoms with Crippen LogP contribution in [-0.2, 0) is 11.3 Å². The van der Waals surface area contributed by atoms with Gasteiger partial charge >= 0.3 is 0 Å². The summed E-state index contributed by atoms with van der Waals surface area (Å²) < 4.78 is 10.6. The maximum atomic E-state index is 12.8. The monoisotopic (exact) mass is 370 g/mol. The van der Waals surface area contributed by atoms with Crippen molar-refractivity contribution in [2.45, 2.75) is 26.5 Å². The summed E-state index contributed by atoms with van der Waals surface area (Å²) >= 11 is 0. The highest BCUT2D eigenvalue weighted by atomic mass is 16.5. The van der Waals surface area contributed by atoms with Crippen molar-refractivity contribution in [1.29, 1.82) is 0 Å². The maximum Gasteiger partial charge on any atom is 0.251 e. The predicted octanol–water partition coefficient (Wildman–Crippen LogP) is 3.65. The summed E-state index contributed by atoms with van der Waals surface area (Å²) in [4.78, 5) is 15.1. The molecule has 0 aromatic heterocycles. The quantitative estimate of drug-likeness (QED) is 0.693. The Morgan fingerprint density at radius 3 is 2.48 bits per heavy atom. The molecular formula is C22H30N2O3. The Balaban J connectivity index is 2.19. The summed E-state index contributed by atoms with van der Waals surface area (Å²) in [6.07, 6.45) is 0. The molecule has 27 heavy (non-hydrogen) atoms. The fraction of sp³-hybridized carbons (Fsp3) is 0.409. The molecule has 146 valence electrons. The summed E-state index contributed by atoms with van der Waals surface area (Å²) in [6.45, 7) is 7.00. The fourth-order valence-electron chi connectivity index (χ4n) is 3.28. The first-order chi connectivity index (χ1) is 13.1. The van der Waals surface area contributed by atoms with Crippen LogP contribution >= 0.6 is 0 Å². The zero-order valence-electron chi connectivity index (χ0n) is 16.7. The van der Waals surface area contributed by atoms with Crippen LogP contribution in [-0.4, -0.2) is 44.7 Å². The van der Waals surface area contributed by atoms with Gasteiger partial charge in [-0.15, -0.1) is 0 Å². The molecule has 2 rings (SSSR count). The molecular weight excluding hydrogens is 340 g/mol. The van der Waals surface area contributed by atoms with Gasteiger partial charge in [-0.25, -0.2) is 0 Å². The second kappa shape index (κ2) is 10.7. The highest BCUT2D eigenvalue weighted by molar-refractivity contribution is 5.95. The van der Waals surface area contributed by atoms with E-state index < -0.39 is 0 Å². The second-order valence-electron chi connectivity index (χ2n) is 6.31. The Morgan fingerprint density at radius 2 is 1.81 bits per heavy atom. The van der Waals surface area contributed by atoms with Gasteiger partial charge in [-0.3, -0.25) is 9.69 Å². The number of likely N-dealkylation sites (N-methyl/N-ethyl adjacent to an activating group) is 1. The highest BCUT2D eigenvalue weighted by Crippen LogP contribution is 2.24. The van der Waals surface area contributed by atoms with Crippen LogP contribution in [0.1, 0.15) is 41.4 Å². The van der Waals surface area contributed by atoms with Crippen LogP contribution in [0, 0.1) is 0 Å². The average Bonchev–Trinajstić information content (AvgIpc) is 2.71. The first kappa shape index (κ1) is 20.9. The molecule has 1 unspecified atom stereocenters. The molecule has 1 atom stereocenters. The Morgan fingerprint density at radius 1 is 1.07 bits per heavy atom. The van der Waals surface area contributed by atoms with E-state index in [9.17, 15) is 4.79 Å². The standard InChI is InChI=1S/C22H30N2O3/c1-5-24(6-2)21(17-11-9-12-19(14-17)27-4)15-23-22(25)20-13-8-7-10-18(20)16-26-3/h7-14,21H,5-6,15-16H2,1-4H3,(H,23,25). The third-order valence-corrected chi connectivity index (χ3v) is 4.75. The minimum absolute atomic E-state index is 0.0774. The van der Waals surface area contributed by atoms with Gasteiger partial charge in [-0.1, -0.05) is 44.2 Å². The summed E-state index contributed by atoms with van der Waals surface area (Å²) in [6, 6.07) is 15.7. The Labute approximate surface area is 162 Å². The molecule has 0 heterocycles. The van der Waals surface area contributed by atoms with Gasteiger partial charge in [0.05, 0.1) is 19.8 Å². The van der Waals surface area contributed by atoms with E-state index in [0.717, 1.165) is 30.0 Å². The zero-order valence-corrected chi connectivity index (χ0v) is 16.7. The van der Waals surface area contributed by atoms with Crippen LogP contribution in [0.5, 0.6) is 5.75 Å². The van der Waals surface area contributed by atoms with Gasteiger partial charge in [0.2, 0.25) is 0 Å². The number of ether oxygens (including phenoxy) is 2. The summed E-state index contributed by atoms with van der Waals surface area (Å²) in [5.41, 5.74) is 2.67. The molecule has 0 radical (unpaired) electrons. The first-order valence-corrected chi connectivity index (χ1v) is 9.37. The van der Waals surface area contributed by atoms with E-state index in [0.29, 0.717) is 18.7 Å². The molecule has 5 nitrogen and oxygen atoms in total. The third kappa shape index (κ3) is 5.55. The normalized spacial score (nSPS) is 12.0. The number of amides is 1. The van der Waals surface area contributed by atoms with Crippen molar-refractivity contribution in [3.05, 3.63) is 65.2 Å². The van der Waals surface area contributed by atoms with Gasteiger partial charge in [0.25, 0.3) is 5.91 Å². The molecule has 0 aliphatic carbocycles. The van der Waals surface area contributed by atoms with Gasteiger partial charge < -0.3 is 14.8 Å². The number of carbonyl (C=O) groups is 1. The summed E-state index contributed by atoms with van der Waals surface area (Å²) in [5.74, 6) is 0.740. The smallest absolute Gasteiger partial charge is 0.251 e. The van der Waals surface area contributed by atoms with Gasteiger partial charge in [0.1, 0.15) is 5.75 Å². The van der Waals surface area contributed by atoms with Crippen LogP contribution in [0.15, 0.2) is 48.5 Å². The largest absolute Gasteiger partial charge is 0.497 e. The molecule has 0 saturated carbocycles. The number of rotatable bonds is 10. The molecule has 0 spiro atoms. The number of hydrogen-bond acceptors (Lipinski definition) is 4. The van der Waals surface area contributed by atoms with E-state index >= 15 is 0 Å². The zero-order chi connectivity index (χ0) is 19.6. The van der Waals surface area contributed by atoms with Gasteiger partial charge in [0, 0.05) is 19.2 Å². The van der Waals surface area contributed by atoms with Crippen molar-refractivity contribution in [3.8, 4) is 5.75 Å². The SMILES string of the molecule is CCN(CC)C(CNC(=O)c1ccccc1COC)c1cccc(OC)c1. The van der Waals surface area contributed by atoms with Crippen molar-refractivity contribution in [3.63, 3.8) is 0 Å². The predicted molar refractivity (Wildman–Crippen MR) is 108 cm³/mol. The first-order valence-electron chi connectivity index (χ1n) is 9.37. The number of benzene rings is 2. The van der Waals surface area contributed by atoms with Crippen molar-refractivity contribution < 1.29 is 14.3 Å². The highest BCUT2D eigenvalue weighted by Gasteiger charge is 2.20. The van der Waals surface area contributed by atoms with Crippen molar-refractivity contribution in [2.75, 3.05) is 33.9 Å². The Hall–Kier alpha value is -2.37. The molecule has 2 aromatic rings. The van der Waals surface area contributed by atoms with E-state index in [1.54, 1.807) is 14.2 Å². The third-order valence-electron chi connectivity index (χ3n) is 4.75. The molecule has 0 saturated heterocycles. The Kier molecular flexibility index (Phi) is 8.30. The van der Waals surface area contributed by atoms with Crippen LogP contribution in [0.2, 0.25) is 0 Å². The number of carbonyl (C=O) groups excluding carboxylic acids is 1. The molecule has 1 N–H and O–H groups in total. The number of hydrogen-bond donors (Lipinski definition) is 1. The van der Waals surface area contributed by atoms with Crippen LogP contribution in [0.4, 0.5) is 0 Å². The molecule has 0 fully saturated rings. The lowest BCUT2D eigenvalue weighted by Crippen LogP contribution is -2.38. The molecule has 0 aliphatic heterocycles. The summed E-state index contributed by atoms with van der Waals surface area (Å²) in [5, 5.41) is 3.11. The Bertz CT molecular complexity index is 729. The van der Waals surface area contributed by atoms with Crippen molar-refractivity contribution in [2.24, 2.45) is 0 Å². The van der Waals surface area contributed by atoms with E-state index in [4.69, 9.17) is 9.47 Å². The van der Waals surface area contributed by atoms with Crippen LogP contribution in [0.3, 0.4) is 0 Å². The van der Waals surface area contributed by atoms with E-state index in [1.165, 1.54) is 0 Å². The van der Waals surface area contributed by atoms with Crippen molar-refractivity contribution >= 4 is 5.91 Å². The van der Waals surface area contributed by atoms with E-state index in [2.05, 4.69) is 30.1 Å². The fourth-order valence-corrected chi connectivity index (χ4v) is 3.28. The lowest BCUT2D eigenvalue weighted by Gasteiger charge is -2.30. The number of nitrogens with one attached hydrogen (secondary N) is 1. The topological polar surface area (TPSA) is 50.8 Å². The summed E-state index contributed by atoms with van der Waals surface area (Å²) in [7, 11) is 3.30. The molecule has 0 aliphatic rings. The molecule has 2 aromatic carbocycles. The maximum absolute atomic E-state index is 12.8. The van der Waals surface area contributed by atoms with Crippen LogP contribution < -0.4 is 10.1 Å². The minimum atomic E-state index is -0.0808. The minimum Gasteiger partial charge on any atom is -0.497 e. The molecule has 0 bridgehead atoms. The van der Waals surface area contributed by atoms with E-state index in [-0.39, 0.29) is 11.9 Å². The number of methoxy groups -OCH3 is 2. The van der Waals surface area contributed by atoms with Gasteiger partial charge in [-0.2, -0.15) is 0 Å². The average molecular weight is 370 g/mol. The lowest BCUT2D eigenvalue weighted by atomic mass is 10.0. The lowest BCUT2D eigenvalue weighted by molar-refractivity contribution is 0.0930. The van der Waals surface area contributed by atoms with E-state index in [1.807, 2.05) is 42.5 Å². The van der Waals surface area contributed by atoms with Gasteiger partial charge in [0.15, 0.2) is 0 Å². The molecule has 5 heteroatoms. The van der Waals surface area contributed by atoms with Crippen molar-refractivity contribution in [1.82, 2.24) is 10.2 Å². The van der Waals surface area contributed by atoms with Crippen LogP contribution in [0.25, 0.3) is 0 Å². The molecule has 1 amide bonds. The van der Waals surface area contributed by atoms with Gasteiger partial charge in [-0.05, 0) is 42.4 Å². The number of nitrogens with zero attached hydrogens (tertiary/aromatic N) is 1.